The number of aliphatic hydroxyl groups is 2. The molecule has 13 heteroatoms. The summed E-state index contributed by atoms with van der Waals surface area (Å²) in [6.07, 6.45) is 0.0227. The molecule has 7 N–H and O–H groups in total. The number of amides is 2. The van der Waals surface area contributed by atoms with Gasteiger partial charge in [-0.2, -0.15) is 0 Å². The van der Waals surface area contributed by atoms with Crippen LogP contribution in [0.2, 0.25) is 0 Å². The van der Waals surface area contributed by atoms with E-state index in [-0.39, 0.29) is 36.7 Å². The van der Waals surface area contributed by atoms with Gasteiger partial charge in [-0.05, 0) is 94.5 Å². The minimum Gasteiger partial charge on any atom is -0.508 e. The van der Waals surface area contributed by atoms with Gasteiger partial charge in [0.2, 0.25) is 0 Å². The second kappa shape index (κ2) is 16.9. The highest BCUT2D eigenvalue weighted by Gasteiger charge is 2.23. The summed E-state index contributed by atoms with van der Waals surface area (Å²) in [4.78, 5) is 29.9. The predicted octanol–water partition coefficient (Wildman–Crippen LogP) is 4.02. The summed E-state index contributed by atoms with van der Waals surface area (Å²) >= 11 is 0. The van der Waals surface area contributed by atoms with Gasteiger partial charge in [0.25, 0.3) is 0 Å². The van der Waals surface area contributed by atoms with Gasteiger partial charge < -0.3 is 41.2 Å². The standard InChI is InChI=1S/C26H31N5O4.C13H21NO3/c1-15-10-16(2)24(17(3)11-15)29-23-14-20-19-13-22(35-5)21(34-4)12-18(19)6-8-30(20)26(33)31(23)9-7-28-25(27)32;1-13(2,3)14-7-12(17)9-4-5-11(16)10(6-9)8-15/h10-14H,6-9H2,1-5H3,(H3,27,28,32);4-6,12,14-17H,7-8H2,1-3H3. The molecule has 0 radical (unpaired) electrons. The molecule has 2 heterocycles. The summed E-state index contributed by atoms with van der Waals surface area (Å²) in [7, 11) is 3.20. The Morgan fingerprint density at radius 2 is 1.67 bits per heavy atom. The van der Waals surface area contributed by atoms with Gasteiger partial charge in [-0.1, -0.05) is 23.8 Å². The zero-order chi connectivity index (χ0) is 38.3. The number of nitrogens with one attached hydrogen (secondary N) is 2. The van der Waals surface area contributed by atoms with E-state index in [1.165, 1.54) is 6.07 Å². The summed E-state index contributed by atoms with van der Waals surface area (Å²) < 4.78 is 14.3. The molecule has 52 heavy (non-hydrogen) atoms. The molecule has 0 bridgehead atoms. The number of rotatable bonds is 10. The number of aromatic hydroxyl groups is 1. The Balaban J connectivity index is 0.000000299. The first-order valence-electron chi connectivity index (χ1n) is 17.2. The van der Waals surface area contributed by atoms with Gasteiger partial charge in [0.05, 0.1) is 38.3 Å². The van der Waals surface area contributed by atoms with Crippen LogP contribution >= 0.6 is 0 Å². The average Bonchev–Trinajstić information content (AvgIpc) is 3.09. The second-order valence-corrected chi connectivity index (χ2v) is 13.9. The van der Waals surface area contributed by atoms with E-state index in [1.807, 2.05) is 59.7 Å². The van der Waals surface area contributed by atoms with Crippen molar-refractivity contribution < 1.29 is 29.6 Å². The molecule has 5 rings (SSSR count). The van der Waals surface area contributed by atoms with E-state index in [0.717, 1.165) is 39.2 Å². The van der Waals surface area contributed by atoms with Crippen molar-refractivity contribution in [2.45, 2.75) is 79.3 Å². The number of nitrogens with zero attached hydrogens (tertiary/aromatic N) is 3. The fraction of sp³-hybridized carbons (Fsp3) is 0.410. The molecular weight excluding hydrogens is 664 g/mol. The molecule has 1 atom stereocenters. The highest BCUT2D eigenvalue weighted by atomic mass is 16.5. The van der Waals surface area contributed by atoms with Crippen LogP contribution in [0.5, 0.6) is 17.2 Å². The molecule has 0 saturated carbocycles. The highest BCUT2D eigenvalue weighted by molar-refractivity contribution is 5.71. The topological polar surface area (TPSA) is 186 Å². The number of β-amino-alcohol motifs (C(OH)–C–C–N with tert-alkyl or cyclic N) is 1. The number of aromatic nitrogens is 2. The van der Waals surface area contributed by atoms with E-state index in [1.54, 1.807) is 35.5 Å². The maximum Gasteiger partial charge on any atom is 0.330 e. The number of benzene rings is 3. The lowest BCUT2D eigenvalue weighted by molar-refractivity contribution is 0.163. The molecule has 0 fully saturated rings. The van der Waals surface area contributed by atoms with Gasteiger partial charge in [0.1, 0.15) is 11.2 Å². The first kappa shape index (κ1) is 39.7. The minimum absolute atomic E-state index is 0.0484. The molecule has 1 aliphatic heterocycles. The molecule has 0 saturated heterocycles. The Hall–Kier alpha value is -5.11. The third kappa shape index (κ3) is 9.60. The molecule has 1 unspecified atom stereocenters. The number of primary amides is 1. The maximum atomic E-state index is 13.7. The maximum absolute atomic E-state index is 13.7. The number of urea groups is 1. The lowest BCUT2D eigenvalue weighted by Crippen LogP contribution is -2.44. The van der Waals surface area contributed by atoms with Crippen molar-refractivity contribution in [1.29, 1.82) is 0 Å². The number of hydrogen-bond acceptors (Lipinski definition) is 9. The van der Waals surface area contributed by atoms with Gasteiger partial charge in [0, 0.05) is 48.9 Å². The number of ether oxygens (including phenoxy) is 2. The summed E-state index contributed by atoms with van der Waals surface area (Å²) in [6, 6.07) is 14.1. The number of hydrogen-bond donors (Lipinski definition) is 6. The van der Waals surface area contributed by atoms with Crippen LogP contribution in [0.15, 0.2) is 58.3 Å². The quantitative estimate of drug-likeness (QED) is 0.142. The Morgan fingerprint density at radius 1 is 1.02 bits per heavy atom. The van der Waals surface area contributed by atoms with Crippen LogP contribution in [0.1, 0.15) is 60.3 Å². The summed E-state index contributed by atoms with van der Waals surface area (Å²) in [5.41, 5.74) is 13.4. The zero-order valence-electron chi connectivity index (χ0n) is 31.3. The molecule has 1 aromatic heterocycles. The van der Waals surface area contributed by atoms with Crippen molar-refractivity contribution in [3.05, 3.63) is 97.9 Å². The van der Waals surface area contributed by atoms with Gasteiger partial charge in [-0.25, -0.2) is 14.6 Å². The van der Waals surface area contributed by atoms with Crippen LogP contribution < -0.4 is 37.0 Å². The zero-order valence-corrected chi connectivity index (χ0v) is 31.3. The SMILES string of the molecule is CC(C)(C)NCC(O)c1ccc(O)c(CO)c1.COc1cc2c(cc1OC)-c1cc(=Nc3c(C)cc(C)cc3C)n(CCNC(N)=O)c(=O)n1CC2. The van der Waals surface area contributed by atoms with Gasteiger partial charge >= 0.3 is 11.7 Å². The molecule has 0 aliphatic carbocycles. The molecule has 3 aromatic carbocycles. The van der Waals surface area contributed by atoms with Crippen molar-refractivity contribution in [2.75, 3.05) is 27.3 Å². The number of aliphatic hydroxyl groups excluding tert-OH is 2. The number of carbonyl (C=O) groups excluding carboxylic acids is 1. The van der Waals surface area contributed by atoms with E-state index in [2.05, 4.69) is 22.8 Å². The number of aryl methyl sites for hydroxylation is 4. The summed E-state index contributed by atoms with van der Waals surface area (Å²) in [5.74, 6) is 1.30. The van der Waals surface area contributed by atoms with Gasteiger partial charge in [-0.3, -0.25) is 9.13 Å². The molecule has 2 amide bonds. The Bertz CT molecular complexity index is 2020. The normalized spacial score (nSPS) is 13.0. The number of carbonyl (C=O) groups is 1. The Labute approximate surface area is 304 Å². The first-order valence-corrected chi connectivity index (χ1v) is 17.2. The number of phenols is 1. The predicted molar refractivity (Wildman–Crippen MR) is 201 cm³/mol. The Morgan fingerprint density at radius 3 is 2.27 bits per heavy atom. The molecule has 280 valence electrons. The largest absolute Gasteiger partial charge is 0.508 e. The molecule has 1 aliphatic rings. The van der Waals surface area contributed by atoms with Crippen LogP contribution in [-0.2, 0) is 26.1 Å². The number of nitrogens with two attached hydrogens (primary N) is 1. The highest BCUT2D eigenvalue weighted by Crippen LogP contribution is 2.37. The number of methoxy groups -OCH3 is 2. The van der Waals surface area contributed by atoms with E-state index in [0.29, 0.717) is 47.6 Å². The summed E-state index contributed by atoms with van der Waals surface area (Å²) in [6.45, 7) is 13.3. The third-order valence-corrected chi connectivity index (χ3v) is 8.77. The first-order chi connectivity index (χ1) is 24.6. The Kier molecular flexibility index (Phi) is 12.9. The number of fused-ring (bicyclic) bond motifs is 3. The van der Waals surface area contributed by atoms with Crippen molar-refractivity contribution in [3.8, 4) is 28.5 Å². The third-order valence-electron chi connectivity index (χ3n) is 8.77. The van der Waals surface area contributed by atoms with E-state index < -0.39 is 12.1 Å². The van der Waals surface area contributed by atoms with Crippen LogP contribution in [0.3, 0.4) is 0 Å². The summed E-state index contributed by atoms with van der Waals surface area (Å²) in [5, 5.41) is 34.2. The fourth-order valence-corrected chi connectivity index (χ4v) is 6.18. The van der Waals surface area contributed by atoms with Crippen molar-refractivity contribution in [1.82, 2.24) is 19.8 Å². The van der Waals surface area contributed by atoms with Crippen molar-refractivity contribution in [2.24, 2.45) is 10.7 Å². The lowest BCUT2D eigenvalue weighted by Gasteiger charge is -2.24. The van der Waals surface area contributed by atoms with E-state index in [9.17, 15) is 19.8 Å². The van der Waals surface area contributed by atoms with Crippen LogP contribution in [0.4, 0.5) is 10.5 Å². The van der Waals surface area contributed by atoms with Gasteiger partial charge in [-0.15, -0.1) is 0 Å². The average molecular weight is 717 g/mol. The van der Waals surface area contributed by atoms with Crippen LogP contribution in [-0.4, -0.2) is 63.3 Å². The van der Waals surface area contributed by atoms with E-state index >= 15 is 0 Å². The molecule has 13 nitrogen and oxygen atoms in total. The van der Waals surface area contributed by atoms with Crippen molar-refractivity contribution >= 4 is 11.7 Å². The van der Waals surface area contributed by atoms with Gasteiger partial charge in [0.15, 0.2) is 11.5 Å². The smallest absolute Gasteiger partial charge is 0.330 e. The molecular formula is C39H52N6O7. The molecule has 0 spiro atoms. The van der Waals surface area contributed by atoms with Crippen LogP contribution in [0.25, 0.3) is 11.3 Å². The second-order valence-electron chi connectivity index (χ2n) is 13.9. The van der Waals surface area contributed by atoms with E-state index in [4.69, 9.17) is 25.3 Å². The monoisotopic (exact) mass is 716 g/mol. The minimum atomic E-state index is -0.653. The van der Waals surface area contributed by atoms with Crippen LogP contribution in [0, 0.1) is 20.8 Å². The fourth-order valence-electron chi connectivity index (χ4n) is 6.18. The van der Waals surface area contributed by atoms with Crippen molar-refractivity contribution in [3.63, 3.8) is 0 Å². The molecule has 4 aromatic rings. The lowest BCUT2D eigenvalue weighted by atomic mass is 9.97.